The number of carbonyl (C=O) groups excluding carboxylic acids is 1. The van der Waals surface area contributed by atoms with Crippen LogP contribution >= 0.6 is 0 Å². The van der Waals surface area contributed by atoms with E-state index in [1.807, 2.05) is 11.5 Å². The minimum absolute atomic E-state index is 0.203. The molecule has 3 rings (SSSR count). The van der Waals surface area contributed by atoms with E-state index in [0.29, 0.717) is 39.0 Å². The zero-order valence-electron chi connectivity index (χ0n) is 12.0. The molecule has 2 aliphatic heterocycles. The number of hydrogen-bond acceptors (Lipinski definition) is 4. The number of rotatable bonds is 2. The van der Waals surface area contributed by atoms with E-state index in [1.54, 1.807) is 11.2 Å². The minimum Gasteiger partial charge on any atom is -0.479 e. The third-order valence-corrected chi connectivity index (χ3v) is 4.61. The van der Waals surface area contributed by atoms with Gasteiger partial charge in [0.15, 0.2) is 5.82 Å². The number of nitrogens with zero attached hydrogens (tertiary/aromatic N) is 5. The zero-order chi connectivity index (χ0) is 15.0. The molecule has 0 spiro atoms. The highest BCUT2D eigenvalue weighted by molar-refractivity contribution is 5.87. The fraction of sp³-hybridized carbons (Fsp3) is 0.692. The van der Waals surface area contributed by atoms with Crippen molar-refractivity contribution >= 4 is 12.0 Å². The summed E-state index contributed by atoms with van der Waals surface area (Å²) >= 11 is 0. The van der Waals surface area contributed by atoms with Gasteiger partial charge in [-0.05, 0) is 19.3 Å². The number of likely N-dealkylation sites (tertiary alicyclic amines) is 1. The molecule has 1 fully saturated rings. The van der Waals surface area contributed by atoms with E-state index in [9.17, 15) is 14.7 Å². The van der Waals surface area contributed by atoms with Crippen LogP contribution in [0.15, 0.2) is 6.33 Å². The summed E-state index contributed by atoms with van der Waals surface area (Å²) < 4.78 is 1.91. The predicted octanol–water partition coefficient (Wildman–Crippen LogP) is 0.543. The molecular weight excluding hydrogens is 274 g/mol. The molecule has 8 heteroatoms. The number of carboxylic acid groups (broad SMARTS) is 1. The third kappa shape index (κ3) is 2.05. The molecule has 0 saturated carbocycles. The highest BCUT2D eigenvalue weighted by Crippen LogP contribution is 2.34. The van der Waals surface area contributed by atoms with Crippen LogP contribution in [0.1, 0.15) is 32.0 Å². The van der Waals surface area contributed by atoms with E-state index < -0.39 is 11.5 Å². The first-order valence-electron chi connectivity index (χ1n) is 7.25. The number of amides is 2. The smallest absolute Gasteiger partial charge is 0.329 e. The third-order valence-electron chi connectivity index (χ3n) is 4.61. The monoisotopic (exact) mass is 293 g/mol. The number of aromatic nitrogens is 3. The molecule has 0 aliphatic carbocycles. The summed E-state index contributed by atoms with van der Waals surface area (Å²) in [6.45, 7) is 3.91. The normalized spacial score (nSPS) is 25.0. The lowest BCUT2D eigenvalue weighted by Crippen LogP contribution is -2.57. The summed E-state index contributed by atoms with van der Waals surface area (Å²) in [5.41, 5.74) is -1.05. The summed E-state index contributed by atoms with van der Waals surface area (Å²) in [4.78, 5) is 27.6. The average molecular weight is 293 g/mol. The Labute approximate surface area is 122 Å². The molecular formula is C13H19N5O3. The van der Waals surface area contributed by atoms with Crippen molar-refractivity contribution in [3.63, 3.8) is 0 Å². The molecule has 1 N–H and O–H groups in total. The fourth-order valence-electron chi connectivity index (χ4n) is 3.30. The van der Waals surface area contributed by atoms with E-state index in [1.165, 1.54) is 4.90 Å². The van der Waals surface area contributed by atoms with Crippen LogP contribution < -0.4 is 0 Å². The second kappa shape index (κ2) is 5.01. The number of hydrogen-bond donors (Lipinski definition) is 1. The van der Waals surface area contributed by atoms with Gasteiger partial charge in [-0.15, -0.1) is 10.2 Å². The highest BCUT2D eigenvalue weighted by atomic mass is 16.4. The van der Waals surface area contributed by atoms with E-state index in [0.717, 1.165) is 12.2 Å². The molecule has 3 heterocycles. The Morgan fingerprint density at radius 2 is 2.19 bits per heavy atom. The van der Waals surface area contributed by atoms with Gasteiger partial charge in [-0.2, -0.15) is 0 Å². The molecule has 1 atom stereocenters. The van der Waals surface area contributed by atoms with Crippen molar-refractivity contribution in [1.29, 1.82) is 0 Å². The number of carbonyl (C=O) groups is 2. The van der Waals surface area contributed by atoms with Gasteiger partial charge in [0.2, 0.25) is 0 Å². The largest absolute Gasteiger partial charge is 0.479 e. The average Bonchev–Trinajstić information content (AvgIpc) is 3.12. The number of urea groups is 1. The fourth-order valence-corrected chi connectivity index (χ4v) is 3.30. The maximum Gasteiger partial charge on any atom is 0.329 e. The Bertz CT molecular complexity index is 572. The van der Waals surface area contributed by atoms with Crippen molar-refractivity contribution in [2.75, 3.05) is 13.1 Å². The molecule has 2 aliphatic rings. The SMILES string of the molecule is CCC1(C(=O)O)CCCN1C(=O)N1CCn2cnnc2C1. The first-order valence-corrected chi connectivity index (χ1v) is 7.25. The number of carboxylic acids is 1. The molecule has 114 valence electrons. The van der Waals surface area contributed by atoms with Crippen LogP contribution in [0.3, 0.4) is 0 Å². The summed E-state index contributed by atoms with van der Waals surface area (Å²) in [7, 11) is 0. The molecule has 1 aromatic heterocycles. The molecule has 0 radical (unpaired) electrons. The summed E-state index contributed by atoms with van der Waals surface area (Å²) in [6.07, 6.45) is 3.34. The Morgan fingerprint density at radius 1 is 1.38 bits per heavy atom. The van der Waals surface area contributed by atoms with Crippen LogP contribution in [0.4, 0.5) is 4.79 Å². The van der Waals surface area contributed by atoms with E-state index >= 15 is 0 Å². The first-order chi connectivity index (χ1) is 10.1. The summed E-state index contributed by atoms with van der Waals surface area (Å²) in [5, 5.41) is 17.4. The van der Waals surface area contributed by atoms with Crippen LogP contribution in [0.2, 0.25) is 0 Å². The van der Waals surface area contributed by atoms with Gasteiger partial charge in [0.05, 0.1) is 6.54 Å². The van der Waals surface area contributed by atoms with Crippen molar-refractivity contribution in [3.8, 4) is 0 Å². The van der Waals surface area contributed by atoms with Crippen LogP contribution in [0.25, 0.3) is 0 Å². The van der Waals surface area contributed by atoms with Gasteiger partial charge in [-0.25, -0.2) is 9.59 Å². The van der Waals surface area contributed by atoms with Gasteiger partial charge in [0.1, 0.15) is 11.9 Å². The predicted molar refractivity (Wildman–Crippen MR) is 72.4 cm³/mol. The van der Waals surface area contributed by atoms with Crippen molar-refractivity contribution in [1.82, 2.24) is 24.6 Å². The van der Waals surface area contributed by atoms with E-state index in [2.05, 4.69) is 10.2 Å². The zero-order valence-corrected chi connectivity index (χ0v) is 12.0. The quantitative estimate of drug-likeness (QED) is 0.859. The van der Waals surface area contributed by atoms with Crippen molar-refractivity contribution in [2.45, 2.75) is 44.8 Å². The lowest BCUT2D eigenvalue weighted by Gasteiger charge is -2.38. The standard InChI is InChI=1S/C13H19N5O3/c1-2-13(11(19)20)4-3-5-18(13)12(21)16-6-7-17-9-14-15-10(17)8-16/h9H,2-8H2,1H3,(H,19,20). The molecule has 0 bridgehead atoms. The van der Waals surface area contributed by atoms with Gasteiger partial charge < -0.3 is 19.5 Å². The van der Waals surface area contributed by atoms with Crippen molar-refractivity contribution in [2.24, 2.45) is 0 Å². The number of fused-ring (bicyclic) bond motifs is 1. The van der Waals surface area contributed by atoms with Crippen LogP contribution in [0.5, 0.6) is 0 Å². The van der Waals surface area contributed by atoms with Gasteiger partial charge in [-0.1, -0.05) is 6.92 Å². The van der Waals surface area contributed by atoms with E-state index in [-0.39, 0.29) is 6.03 Å². The van der Waals surface area contributed by atoms with Crippen LogP contribution in [0, 0.1) is 0 Å². The molecule has 21 heavy (non-hydrogen) atoms. The number of aliphatic carboxylic acids is 1. The van der Waals surface area contributed by atoms with Crippen LogP contribution in [-0.2, 0) is 17.9 Å². The van der Waals surface area contributed by atoms with Gasteiger partial charge in [0.25, 0.3) is 0 Å². The van der Waals surface area contributed by atoms with Gasteiger partial charge >= 0.3 is 12.0 Å². The lowest BCUT2D eigenvalue weighted by molar-refractivity contribution is -0.148. The second-order valence-electron chi connectivity index (χ2n) is 5.59. The van der Waals surface area contributed by atoms with Gasteiger partial charge in [0, 0.05) is 19.6 Å². The highest BCUT2D eigenvalue weighted by Gasteiger charge is 2.49. The topological polar surface area (TPSA) is 91.6 Å². The summed E-state index contributed by atoms with van der Waals surface area (Å²) in [6, 6.07) is -0.203. The van der Waals surface area contributed by atoms with Crippen LogP contribution in [-0.4, -0.2) is 60.3 Å². The Kier molecular flexibility index (Phi) is 3.30. The molecule has 1 aromatic rings. The van der Waals surface area contributed by atoms with E-state index in [4.69, 9.17) is 0 Å². The Hall–Kier alpha value is -2.12. The molecule has 2 amide bonds. The van der Waals surface area contributed by atoms with Gasteiger partial charge in [-0.3, -0.25) is 0 Å². The van der Waals surface area contributed by atoms with Crippen molar-refractivity contribution < 1.29 is 14.7 Å². The Morgan fingerprint density at radius 3 is 2.90 bits per heavy atom. The molecule has 1 saturated heterocycles. The lowest BCUT2D eigenvalue weighted by atomic mass is 9.93. The molecule has 1 unspecified atom stereocenters. The second-order valence-corrected chi connectivity index (χ2v) is 5.59. The minimum atomic E-state index is -1.05. The maximum atomic E-state index is 12.7. The van der Waals surface area contributed by atoms with Crippen molar-refractivity contribution in [3.05, 3.63) is 12.2 Å². The first kappa shape index (κ1) is 13.8. The molecule has 0 aromatic carbocycles. The summed E-state index contributed by atoms with van der Waals surface area (Å²) in [5.74, 6) is -0.165. The Balaban J connectivity index is 1.81. The maximum absolute atomic E-state index is 12.7. The molecule has 8 nitrogen and oxygen atoms in total.